The van der Waals surface area contributed by atoms with Gasteiger partial charge in [0.05, 0.1) is 5.60 Å². The fourth-order valence-electron chi connectivity index (χ4n) is 5.63. The molecule has 2 nitrogen and oxygen atoms in total. The predicted molar refractivity (Wildman–Crippen MR) is 72.4 cm³/mol. The summed E-state index contributed by atoms with van der Waals surface area (Å²) in [5.74, 6) is 4.27. The minimum absolute atomic E-state index is 0.136. The van der Waals surface area contributed by atoms with Gasteiger partial charge < -0.3 is 10.1 Å². The van der Waals surface area contributed by atoms with Gasteiger partial charge in [0.2, 0.25) is 0 Å². The third-order valence-corrected chi connectivity index (χ3v) is 6.47. The molecule has 18 heavy (non-hydrogen) atoms. The van der Waals surface area contributed by atoms with Crippen LogP contribution >= 0.6 is 0 Å². The number of nitrogens with one attached hydrogen (secondary N) is 1. The number of fused-ring (bicyclic) bond motifs is 5. The molecule has 102 valence electrons. The first kappa shape index (κ1) is 11.7. The lowest BCUT2D eigenvalue weighted by Crippen LogP contribution is -2.46. The van der Waals surface area contributed by atoms with Crippen LogP contribution in [0.2, 0.25) is 0 Å². The maximum Gasteiger partial charge on any atom is 0.0779 e. The van der Waals surface area contributed by atoms with Crippen LogP contribution in [0, 0.1) is 23.7 Å². The van der Waals surface area contributed by atoms with Crippen LogP contribution in [-0.4, -0.2) is 24.8 Å². The third-order valence-electron chi connectivity index (χ3n) is 6.47. The maximum absolute atomic E-state index is 5.90. The Labute approximate surface area is 111 Å². The fraction of sp³-hybridized carbons (Fsp3) is 1.00. The lowest BCUT2D eigenvalue weighted by Gasteiger charge is -2.34. The molecule has 3 saturated carbocycles. The summed E-state index contributed by atoms with van der Waals surface area (Å²) < 4.78 is 5.90. The third kappa shape index (κ3) is 1.76. The minimum Gasteiger partial charge on any atom is -0.374 e. The van der Waals surface area contributed by atoms with Gasteiger partial charge in [0.15, 0.2) is 0 Å². The highest BCUT2D eigenvalue weighted by Gasteiger charge is 2.53. The molecule has 1 heterocycles. The van der Waals surface area contributed by atoms with Crippen LogP contribution in [0.5, 0.6) is 0 Å². The standard InChI is InChI=1S/C16H27NO/c1-16(6-3-7-18-16)10-17-15-9-11-8-14(15)13-5-2-4-12(11)13/h11-15,17H,2-10H2,1H3. The van der Waals surface area contributed by atoms with Gasteiger partial charge in [-0.1, -0.05) is 6.42 Å². The van der Waals surface area contributed by atoms with Gasteiger partial charge in [0, 0.05) is 19.2 Å². The van der Waals surface area contributed by atoms with E-state index in [9.17, 15) is 0 Å². The van der Waals surface area contributed by atoms with Crippen molar-refractivity contribution in [2.45, 2.75) is 63.5 Å². The summed E-state index contributed by atoms with van der Waals surface area (Å²) in [6.45, 7) is 4.34. The molecule has 0 aromatic rings. The van der Waals surface area contributed by atoms with Gasteiger partial charge in [-0.2, -0.15) is 0 Å². The van der Waals surface area contributed by atoms with E-state index in [0.29, 0.717) is 0 Å². The second kappa shape index (κ2) is 4.21. The Morgan fingerprint density at radius 1 is 1.11 bits per heavy atom. The SMILES string of the molecule is CC1(CNC2CC3CC2C2CCCC32)CCCO1. The van der Waals surface area contributed by atoms with E-state index >= 15 is 0 Å². The zero-order valence-electron chi connectivity index (χ0n) is 11.7. The van der Waals surface area contributed by atoms with E-state index in [1.807, 2.05) is 0 Å². The summed E-state index contributed by atoms with van der Waals surface area (Å²) in [7, 11) is 0. The molecule has 1 saturated heterocycles. The van der Waals surface area contributed by atoms with Crippen molar-refractivity contribution in [3.8, 4) is 0 Å². The minimum atomic E-state index is 0.136. The van der Waals surface area contributed by atoms with Gasteiger partial charge in [-0.15, -0.1) is 0 Å². The molecule has 0 radical (unpaired) electrons. The zero-order chi connectivity index (χ0) is 12.2. The molecule has 6 unspecified atom stereocenters. The Kier molecular flexibility index (Phi) is 2.74. The fourth-order valence-corrected chi connectivity index (χ4v) is 5.63. The average molecular weight is 249 g/mol. The summed E-state index contributed by atoms with van der Waals surface area (Å²) in [4.78, 5) is 0. The topological polar surface area (TPSA) is 21.3 Å². The Balaban J connectivity index is 1.37. The highest BCUT2D eigenvalue weighted by molar-refractivity contribution is 5.06. The molecule has 0 amide bonds. The second-order valence-corrected chi connectivity index (χ2v) is 7.54. The van der Waals surface area contributed by atoms with E-state index in [1.54, 1.807) is 6.42 Å². The number of hydrogen-bond acceptors (Lipinski definition) is 2. The molecule has 3 aliphatic carbocycles. The second-order valence-electron chi connectivity index (χ2n) is 7.54. The van der Waals surface area contributed by atoms with E-state index in [2.05, 4.69) is 12.2 Å². The quantitative estimate of drug-likeness (QED) is 0.830. The molecule has 2 bridgehead atoms. The number of hydrogen-bond donors (Lipinski definition) is 1. The first-order valence-electron chi connectivity index (χ1n) is 8.12. The van der Waals surface area contributed by atoms with Crippen LogP contribution in [0.25, 0.3) is 0 Å². The van der Waals surface area contributed by atoms with Gasteiger partial charge >= 0.3 is 0 Å². The predicted octanol–water partition coefficient (Wildman–Crippen LogP) is 2.97. The first-order valence-corrected chi connectivity index (χ1v) is 8.12. The molecule has 1 aliphatic heterocycles. The lowest BCUT2D eigenvalue weighted by atomic mass is 9.79. The van der Waals surface area contributed by atoms with Gasteiger partial charge in [-0.25, -0.2) is 0 Å². The Bertz CT molecular complexity index is 323. The average Bonchev–Trinajstić information content (AvgIpc) is 3.08. The summed E-state index contributed by atoms with van der Waals surface area (Å²) in [5, 5.41) is 3.88. The molecular weight excluding hydrogens is 222 g/mol. The normalized spacial score (nSPS) is 54.2. The molecule has 2 heteroatoms. The molecule has 0 aromatic carbocycles. The molecule has 4 rings (SSSR count). The van der Waals surface area contributed by atoms with E-state index in [-0.39, 0.29) is 5.60 Å². The van der Waals surface area contributed by atoms with Crippen LogP contribution in [0.1, 0.15) is 51.9 Å². The van der Waals surface area contributed by atoms with Crippen molar-refractivity contribution < 1.29 is 4.74 Å². The van der Waals surface area contributed by atoms with Crippen LogP contribution in [0.4, 0.5) is 0 Å². The highest BCUT2D eigenvalue weighted by atomic mass is 16.5. The van der Waals surface area contributed by atoms with Crippen LogP contribution in [0.15, 0.2) is 0 Å². The first-order chi connectivity index (χ1) is 8.75. The highest BCUT2D eigenvalue weighted by Crippen LogP contribution is 2.58. The number of rotatable bonds is 3. The monoisotopic (exact) mass is 249 g/mol. The van der Waals surface area contributed by atoms with Crippen molar-refractivity contribution in [1.82, 2.24) is 5.32 Å². The van der Waals surface area contributed by atoms with Crippen LogP contribution in [-0.2, 0) is 4.74 Å². The van der Waals surface area contributed by atoms with Crippen molar-refractivity contribution in [3.05, 3.63) is 0 Å². The van der Waals surface area contributed by atoms with E-state index in [1.165, 1.54) is 38.5 Å². The molecular formula is C16H27NO. The Morgan fingerprint density at radius 2 is 2.00 bits per heavy atom. The molecule has 1 N–H and O–H groups in total. The van der Waals surface area contributed by atoms with Gasteiger partial charge in [-0.3, -0.25) is 0 Å². The molecule has 0 spiro atoms. The Morgan fingerprint density at radius 3 is 2.83 bits per heavy atom. The van der Waals surface area contributed by atoms with Gasteiger partial charge in [0.1, 0.15) is 0 Å². The van der Waals surface area contributed by atoms with Crippen LogP contribution in [0.3, 0.4) is 0 Å². The maximum atomic E-state index is 5.90. The van der Waals surface area contributed by atoms with Crippen molar-refractivity contribution in [3.63, 3.8) is 0 Å². The summed E-state index contributed by atoms with van der Waals surface area (Å²) in [6, 6.07) is 0.815. The summed E-state index contributed by atoms with van der Waals surface area (Å²) in [5.41, 5.74) is 0.136. The van der Waals surface area contributed by atoms with Gasteiger partial charge in [0.25, 0.3) is 0 Å². The number of ether oxygens (including phenoxy) is 1. The van der Waals surface area contributed by atoms with Crippen molar-refractivity contribution >= 4 is 0 Å². The van der Waals surface area contributed by atoms with Crippen LogP contribution < -0.4 is 5.32 Å². The summed E-state index contributed by atoms with van der Waals surface area (Å²) >= 11 is 0. The molecule has 4 fully saturated rings. The van der Waals surface area contributed by atoms with Gasteiger partial charge in [-0.05, 0) is 69.1 Å². The molecule has 6 atom stereocenters. The van der Waals surface area contributed by atoms with Crippen molar-refractivity contribution in [2.24, 2.45) is 23.7 Å². The molecule has 0 aromatic heterocycles. The largest absolute Gasteiger partial charge is 0.374 e. The van der Waals surface area contributed by atoms with E-state index < -0.39 is 0 Å². The van der Waals surface area contributed by atoms with E-state index in [4.69, 9.17) is 4.74 Å². The lowest BCUT2D eigenvalue weighted by molar-refractivity contribution is 0.0157. The van der Waals surface area contributed by atoms with E-state index in [0.717, 1.165) is 42.9 Å². The Hall–Kier alpha value is -0.0800. The zero-order valence-corrected chi connectivity index (χ0v) is 11.7. The summed E-state index contributed by atoms with van der Waals surface area (Å²) in [6.07, 6.45) is 10.1. The smallest absolute Gasteiger partial charge is 0.0779 e. The van der Waals surface area contributed by atoms with Crippen molar-refractivity contribution in [1.29, 1.82) is 0 Å². The molecule has 4 aliphatic rings. The van der Waals surface area contributed by atoms with Crippen molar-refractivity contribution in [2.75, 3.05) is 13.2 Å².